The molecule has 110 valence electrons. The molecule has 1 aromatic heterocycles. The summed E-state index contributed by atoms with van der Waals surface area (Å²) in [5.74, 6) is 0.235. The highest BCUT2D eigenvalue weighted by atomic mass is 35.5. The summed E-state index contributed by atoms with van der Waals surface area (Å²) >= 11 is 5.86. The van der Waals surface area contributed by atoms with Gasteiger partial charge in [-0.15, -0.1) is 0 Å². The van der Waals surface area contributed by atoms with Gasteiger partial charge in [0.2, 0.25) is 11.0 Å². The number of rotatable bonds is 5. The average molecular weight is 307 g/mol. The Morgan fingerprint density at radius 1 is 1.29 bits per heavy atom. The van der Waals surface area contributed by atoms with Gasteiger partial charge in [-0.1, -0.05) is 41.9 Å². The maximum absolute atomic E-state index is 11.2. The molecule has 21 heavy (non-hydrogen) atoms. The molecule has 0 saturated carbocycles. The Hall–Kier alpha value is -2.21. The molecule has 2 aromatic rings. The third-order valence-electron chi connectivity index (χ3n) is 3.03. The molecule has 1 heterocycles. The zero-order valence-electron chi connectivity index (χ0n) is 11.7. The first-order valence-electron chi connectivity index (χ1n) is 6.46. The molecule has 7 heteroatoms. The van der Waals surface area contributed by atoms with E-state index < -0.39 is 4.92 Å². The van der Waals surface area contributed by atoms with Gasteiger partial charge in [-0.05, 0) is 19.4 Å². The molecule has 0 spiro atoms. The van der Waals surface area contributed by atoms with Crippen LogP contribution in [-0.4, -0.2) is 20.9 Å². The largest absolute Gasteiger partial charge is 0.348 e. The van der Waals surface area contributed by atoms with Crippen LogP contribution in [0, 0.1) is 10.1 Å². The van der Waals surface area contributed by atoms with Crippen molar-refractivity contribution in [1.82, 2.24) is 9.97 Å². The Balaban J connectivity index is 2.44. The van der Waals surface area contributed by atoms with Gasteiger partial charge < -0.3 is 4.90 Å². The molecule has 0 saturated heterocycles. The summed E-state index contributed by atoms with van der Waals surface area (Å²) in [6.45, 7) is 4.40. The molecule has 0 radical (unpaired) electrons. The fraction of sp³-hybridized carbons (Fsp3) is 0.286. The molecule has 0 aliphatic heterocycles. The van der Waals surface area contributed by atoms with Gasteiger partial charge in [-0.3, -0.25) is 10.1 Å². The number of nitrogens with zero attached hydrogens (tertiary/aromatic N) is 4. The van der Waals surface area contributed by atoms with E-state index in [2.05, 4.69) is 9.97 Å². The van der Waals surface area contributed by atoms with Crippen LogP contribution in [0.25, 0.3) is 0 Å². The normalized spacial score (nSPS) is 10.7. The van der Waals surface area contributed by atoms with Crippen molar-refractivity contribution < 1.29 is 4.92 Å². The van der Waals surface area contributed by atoms with Crippen LogP contribution < -0.4 is 4.90 Å². The zero-order valence-corrected chi connectivity index (χ0v) is 12.5. The first-order valence-corrected chi connectivity index (χ1v) is 6.84. The number of hydrogen-bond donors (Lipinski definition) is 0. The second-order valence-corrected chi connectivity index (χ2v) is 5.16. The minimum absolute atomic E-state index is 0.0230. The first kappa shape index (κ1) is 15.2. The lowest BCUT2D eigenvalue weighted by Gasteiger charge is -2.27. The highest BCUT2D eigenvalue weighted by Crippen LogP contribution is 2.33. The molecular formula is C14H15ClN4O2. The van der Waals surface area contributed by atoms with Gasteiger partial charge in [0.1, 0.15) is 6.33 Å². The smallest absolute Gasteiger partial charge is 0.344 e. The lowest BCUT2D eigenvalue weighted by atomic mass is 10.2. The van der Waals surface area contributed by atoms with Crippen LogP contribution in [0.15, 0.2) is 36.7 Å². The van der Waals surface area contributed by atoms with Crippen molar-refractivity contribution in [1.29, 1.82) is 0 Å². The zero-order chi connectivity index (χ0) is 15.4. The maximum atomic E-state index is 11.2. The molecule has 0 amide bonds. The third-order valence-corrected chi connectivity index (χ3v) is 3.31. The standard InChI is InChI=1S/C14H15ClN4O2/c1-10(2)18(8-11-6-4-3-5-7-11)14-12(19(20)21)13(15)16-9-17-14/h3-7,9-10H,8H2,1-2H3. The van der Waals surface area contributed by atoms with Crippen LogP contribution in [0.1, 0.15) is 19.4 Å². The summed E-state index contributed by atoms with van der Waals surface area (Å²) in [5, 5.41) is 11.1. The summed E-state index contributed by atoms with van der Waals surface area (Å²) in [5.41, 5.74) is 0.777. The van der Waals surface area contributed by atoms with Crippen molar-refractivity contribution in [3.8, 4) is 0 Å². The molecule has 0 aliphatic rings. The van der Waals surface area contributed by atoms with Gasteiger partial charge in [0, 0.05) is 12.6 Å². The summed E-state index contributed by atoms with van der Waals surface area (Å²) in [7, 11) is 0. The van der Waals surface area contributed by atoms with Crippen molar-refractivity contribution in [2.45, 2.75) is 26.4 Å². The number of hydrogen-bond acceptors (Lipinski definition) is 5. The quantitative estimate of drug-likeness (QED) is 0.480. The Kier molecular flexibility index (Phi) is 4.70. The van der Waals surface area contributed by atoms with Crippen molar-refractivity contribution in [3.63, 3.8) is 0 Å². The highest BCUT2D eigenvalue weighted by Gasteiger charge is 2.27. The Bertz CT molecular complexity index is 634. The van der Waals surface area contributed by atoms with E-state index in [9.17, 15) is 10.1 Å². The SMILES string of the molecule is CC(C)N(Cc1ccccc1)c1ncnc(Cl)c1[N+](=O)[O-]. The van der Waals surface area contributed by atoms with E-state index in [4.69, 9.17) is 11.6 Å². The monoisotopic (exact) mass is 306 g/mol. The van der Waals surface area contributed by atoms with Crippen molar-refractivity contribution >= 4 is 23.1 Å². The number of anilines is 1. The van der Waals surface area contributed by atoms with Gasteiger partial charge in [0.15, 0.2) is 0 Å². The van der Waals surface area contributed by atoms with E-state index in [0.717, 1.165) is 5.56 Å². The van der Waals surface area contributed by atoms with Crippen molar-refractivity contribution in [2.24, 2.45) is 0 Å². The predicted octanol–water partition coefficient (Wildman–Crippen LogP) is 3.45. The Morgan fingerprint density at radius 2 is 1.95 bits per heavy atom. The topological polar surface area (TPSA) is 72.2 Å². The third kappa shape index (κ3) is 3.46. The lowest BCUT2D eigenvalue weighted by Crippen LogP contribution is -2.31. The molecular weight excluding hydrogens is 292 g/mol. The number of nitro groups is 1. The molecule has 0 fully saturated rings. The van der Waals surface area contributed by atoms with Gasteiger partial charge in [-0.2, -0.15) is 0 Å². The highest BCUT2D eigenvalue weighted by molar-refractivity contribution is 6.31. The van der Waals surface area contributed by atoms with E-state index in [-0.39, 0.29) is 22.7 Å². The van der Waals surface area contributed by atoms with E-state index in [1.807, 2.05) is 49.1 Å². The van der Waals surface area contributed by atoms with Gasteiger partial charge in [0.25, 0.3) is 0 Å². The van der Waals surface area contributed by atoms with Crippen LogP contribution in [0.4, 0.5) is 11.5 Å². The minimum Gasteiger partial charge on any atom is -0.344 e. The molecule has 0 unspecified atom stereocenters. The molecule has 2 rings (SSSR count). The first-order chi connectivity index (χ1) is 10.0. The number of halogens is 1. The van der Waals surface area contributed by atoms with Crippen LogP contribution in [0.2, 0.25) is 5.15 Å². The van der Waals surface area contributed by atoms with Crippen molar-refractivity contribution in [3.05, 3.63) is 57.5 Å². The van der Waals surface area contributed by atoms with Crippen LogP contribution >= 0.6 is 11.6 Å². The van der Waals surface area contributed by atoms with Crippen LogP contribution in [0.5, 0.6) is 0 Å². The molecule has 0 bridgehead atoms. The van der Waals surface area contributed by atoms with Gasteiger partial charge in [0.05, 0.1) is 4.92 Å². The Labute approximate surface area is 127 Å². The predicted molar refractivity (Wildman–Crippen MR) is 81.5 cm³/mol. The number of benzene rings is 1. The van der Waals surface area contributed by atoms with Crippen LogP contribution in [-0.2, 0) is 6.54 Å². The summed E-state index contributed by atoms with van der Waals surface area (Å²) < 4.78 is 0. The molecule has 0 N–H and O–H groups in total. The maximum Gasteiger partial charge on any atom is 0.348 e. The van der Waals surface area contributed by atoms with Gasteiger partial charge >= 0.3 is 5.69 Å². The summed E-state index contributed by atoms with van der Waals surface area (Å²) in [4.78, 5) is 20.3. The van der Waals surface area contributed by atoms with Crippen molar-refractivity contribution in [2.75, 3.05) is 4.90 Å². The molecule has 0 atom stereocenters. The summed E-state index contributed by atoms with van der Waals surface area (Å²) in [6.07, 6.45) is 1.24. The van der Waals surface area contributed by atoms with E-state index in [1.54, 1.807) is 0 Å². The fourth-order valence-electron chi connectivity index (χ4n) is 2.00. The molecule has 0 aliphatic carbocycles. The van der Waals surface area contributed by atoms with Gasteiger partial charge in [-0.25, -0.2) is 9.97 Å². The molecule has 6 nitrogen and oxygen atoms in total. The second-order valence-electron chi connectivity index (χ2n) is 4.80. The number of aromatic nitrogens is 2. The van der Waals surface area contributed by atoms with E-state index >= 15 is 0 Å². The second kappa shape index (κ2) is 6.49. The lowest BCUT2D eigenvalue weighted by molar-refractivity contribution is -0.384. The van der Waals surface area contributed by atoms with E-state index in [0.29, 0.717) is 6.54 Å². The van der Waals surface area contributed by atoms with Crippen LogP contribution in [0.3, 0.4) is 0 Å². The summed E-state index contributed by atoms with van der Waals surface area (Å²) in [6, 6.07) is 9.72. The minimum atomic E-state index is -0.544. The average Bonchev–Trinajstić information content (AvgIpc) is 2.45. The molecule has 1 aromatic carbocycles. The Morgan fingerprint density at radius 3 is 2.52 bits per heavy atom. The van der Waals surface area contributed by atoms with E-state index in [1.165, 1.54) is 6.33 Å². The fourth-order valence-corrected chi connectivity index (χ4v) is 2.20.